The molecule has 0 radical (unpaired) electrons. The SMILES string of the molecule is C=CCOC(=O)c1sc(N2C(=O)C(=O)/C(=C(/O)c3cccc(OCCCC)c3)C2c2cc(OC)c(OC)c(OC)c2)nc1C. The number of esters is 1. The van der Waals surface area contributed by atoms with Gasteiger partial charge in [0.05, 0.1) is 45.2 Å². The molecule has 1 unspecified atom stereocenters. The number of nitrogens with zero attached hydrogens (tertiary/aromatic N) is 2. The third-order valence-corrected chi connectivity index (χ3v) is 7.97. The lowest BCUT2D eigenvalue weighted by Crippen LogP contribution is -2.29. The molecule has 0 saturated carbocycles. The van der Waals surface area contributed by atoms with Crippen LogP contribution in [-0.2, 0) is 14.3 Å². The van der Waals surface area contributed by atoms with Crippen molar-refractivity contribution in [3.8, 4) is 23.0 Å². The molecule has 4 rings (SSSR count). The molecule has 1 aliphatic rings. The number of amides is 1. The molecule has 1 aromatic heterocycles. The molecular weight excluding hydrogens is 588 g/mol. The van der Waals surface area contributed by atoms with E-state index in [-0.39, 0.29) is 39.3 Å². The molecule has 0 bridgehead atoms. The van der Waals surface area contributed by atoms with E-state index in [2.05, 4.69) is 11.6 Å². The smallest absolute Gasteiger partial charge is 0.350 e. The van der Waals surface area contributed by atoms with Gasteiger partial charge in [-0.1, -0.05) is 49.5 Å². The van der Waals surface area contributed by atoms with Gasteiger partial charge in [-0.3, -0.25) is 14.5 Å². The summed E-state index contributed by atoms with van der Waals surface area (Å²) < 4.78 is 27.5. The van der Waals surface area contributed by atoms with E-state index in [0.29, 0.717) is 29.4 Å². The highest BCUT2D eigenvalue weighted by Crippen LogP contribution is 2.48. The largest absolute Gasteiger partial charge is 0.507 e. The molecule has 0 spiro atoms. The molecular formula is C32H34N2O9S. The van der Waals surface area contributed by atoms with Crippen LogP contribution < -0.4 is 23.8 Å². The van der Waals surface area contributed by atoms with Gasteiger partial charge < -0.3 is 28.8 Å². The Kier molecular flexibility index (Phi) is 10.3. The number of hydrogen-bond donors (Lipinski definition) is 1. The molecule has 1 amide bonds. The minimum atomic E-state index is -1.18. The number of rotatable bonds is 13. The average molecular weight is 623 g/mol. The molecule has 2 aromatic carbocycles. The summed E-state index contributed by atoms with van der Waals surface area (Å²) in [5.41, 5.74) is 0.748. The van der Waals surface area contributed by atoms with Crippen molar-refractivity contribution >= 4 is 39.9 Å². The van der Waals surface area contributed by atoms with Gasteiger partial charge in [-0.25, -0.2) is 9.78 Å². The van der Waals surface area contributed by atoms with E-state index >= 15 is 0 Å². The molecule has 11 nitrogen and oxygen atoms in total. The first kappa shape index (κ1) is 32.1. The summed E-state index contributed by atoms with van der Waals surface area (Å²) in [4.78, 5) is 45.9. The number of methoxy groups -OCH3 is 3. The maximum absolute atomic E-state index is 13.7. The summed E-state index contributed by atoms with van der Waals surface area (Å²) in [6, 6.07) is 8.63. The average Bonchev–Trinajstić information content (AvgIpc) is 3.54. The van der Waals surface area contributed by atoms with Crippen molar-refractivity contribution in [2.45, 2.75) is 32.7 Å². The van der Waals surface area contributed by atoms with Crippen LogP contribution in [-0.4, -0.2) is 62.3 Å². The lowest BCUT2D eigenvalue weighted by molar-refractivity contribution is -0.132. The number of aromatic nitrogens is 1. The van der Waals surface area contributed by atoms with Gasteiger partial charge >= 0.3 is 11.9 Å². The van der Waals surface area contributed by atoms with E-state index in [9.17, 15) is 19.5 Å². The van der Waals surface area contributed by atoms with Gasteiger partial charge in [0.1, 0.15) is 23.0 Å². The van der Waals surface area contributed by atoms with Crippen LogP contribution in [0.5, 0.6) is 23.0 Å². The number of aryl methyl sites for hydroxylation is 1. The third-order valence-electron chi connectivity index (χ3n) is 6.83. The highest BCUT2D eigenvalue weighted by Gasteiger charge is 2.49. The summed E-state index contributed by atoms with van der Waals surface area (Å²) in [6.07, 6.45) is 3.22. The van der Waals surface area contributed by atoms with Crippen LogP contribution >= 0.6 is 11.3 Å². The Morgan fingerprint density at radius 1 is 1.11 bits per heavy atom. The van der Waals surface area contributed by atoms with E-state index in [1.807, 2.05) is 6.92 Å². The number of aliphatic hydroxyl groups is 1. The van der Waals surface area contributed by atoms with Crippen LogP contribution in [0.1, 0.15) is 52.3 Å². The monoisotopic (exact) mass is 622 g/mol. The predicted molar refractivity (Wildman–Crippen MR) is 165 cm³/mol. The molecule has 2 heterocycles. The van der Waals surface area contributed by atoms with Crippen LogP contribution in [0.4, 0.5) is 5.13 Å². The van der Waals surface area contributed by atoms with Gasteiger partial charge in [-0.05, 0) is 43.2 Å². The lowest BCUT2D eigenvalue weighted by Gasteiger charge is -2.24. The van der Waals surface area contributed by atoms with E-state index < -0.39 is 29.5 Å². The van der Waals surface area contributed by atoms with Gasteiger partial charge in [-0.2, -0.15) is 0 Å². The van der Waals surface area contributed by atoms with Gasteiger partial charge in [0.2, 0.25) is 5.75 Å². The van der Waals surface area contributed by atoms with Crippen molar-refractivity contribution in [3.05, 3.63) is 76.3 Å². The summed E-state index contributed by atoms with van der Waals surface area (Å²) in [7, 11) is 4.33. The Hall–Kier alpha value is -4.84. The van der Waals surface area contributed by atoms with E-state index in [4.69, 9.17) is 23.7 Å². The first-order chi connectivity index (χ1) is 21.2. The summed E-state index contributed by atoms with van der Waals surface area (Å²) in [5, 5.41) is 11.7. The number of thiazole rings is 1. The lowest BCUT2D eigenvalue weighted by atomic mass is 9.94. The normalized spacial score (nSPS) is 15.7. The number of hydrogen-bond acceptors (Lipinski definition) is 11. The number of unbranched alkanes of at least 4 members (excludes halogenated alkanes) is 1. The molecule has 44 heavy (non-hydrogen) atoms. The van der Waals surface area contributed by atoms with Crippen molar-refractivity contribution in [3.63, 3.8) is 0 Å². The van der Waals surface area contributed by atoms with Gasteiger partial charge in [0, 0.05) is 5.56 Å². The first-order valence-electron chi connectivity index (χ1n) is 13.8. The number of anilines is 1. The first-order valence-corrected chi connectivity index (χ1v) is 14.6. The van der Waals surface area contributed by atoms with Gasteiger partial charge in [-0.15, -0.1) is 0 Å². The molecule has 0 aliphatic carbocycles. The highest BCUT2D eigenvalue weighted by atomic mass is 32.1. The molecule has 1 N–H and O–H groups in total. The Balaban J connectivity index is 1.93. The number of carbonyl (C=O) groups excluding carboxylic acids is 3. The standard InChI is InChI=1S/C32H34N2O9S/c1-7-9-14-42-21-12-10-11-19(15-21)26(35)24-25(20-16-22(39-4)28(41-6)23(17-20)40-5)34(30(37)27(24)36)32-33-18(3)29(44-32)31(38)43-13-8-2/h8,10-12,15-17,25,35H,2,7,9,13-14H2,1,3-6H3/b26-24+. The second kappa shape index (κ2) is 14.1. The van der Waals surface area contributed by atoms with Crippen molar-refractivity contribution in [2.75, 3.05) is 39.4 Å². The van der Waals surface area contributed by atoms with Gasteiger partial charge in [0.15, 0.2) is 16.6 Å². The van der Waals surface area contributed by atoms with Crippen molar-refractivity contribution in [2.24, 2.45) is 0 Å². The van der Waals surface area contributed by atoms with Crippen LogP contribution in [0.3, 0.4) is 0 Å². The Bertz CT molecular complexity index is 1590. The second-order valence-electron chi connectivity index (χ2n) is 9.66. The fourth-order valence-corrected chi connectivity index (χ4v) is 5.69. The Morgan fingerprint density at radius 2 is 1.82 bits per heavy atom. The number of benzene rings is 2. The van der Waals surface area contributed by atoms with Crippen LogP contribution in [0.25, 0.3) is 5.76 Å². The zero-order valence-corrected chi connectivity index (χ0v) is 26.0. The molecule has 12 heteroatoms. The molecule has 3 aromatic rings. The molecule has 1 fully saturated rings. The quantitative estimate of drug-likeness (QED) is 0.0639. The molecule has 1 atom stereocenters. The fraction of sp³-hybridized carbons (Fsp3) is 0.312. The molecule has 1 aliphatic heterocycles. The number of Topliss-reactive ketones (excluding diaryl/α,β-unsaturated/α-hetero) is 1. The number of carbonyl (C=O) groups is 3. The van der Waals surface area contributed by atoms with Crippen LogP contribution in [0, 0.1) is 6.92 Å². The van der Waals surface area contributed by atoms with E-state index in [0.717, 1.165) is 29.1 Å². The zero-order valence-electron chi connectivity index (χ0n) is 25.2. The topological polar surface area (TPSA) is 134 Å². The summed E-state index contributed by atoms with van der Waals surface area (Å²) in [6.45, 7) is 7.66. The summed E-state index contributed by atoms with van der Waals surface area (Å²) in [5.74, 6) is -1.62. The minimum Gasteiger partial charge on any atom is -0.507 e. The number of aliphatic hydroxyl groups excluding tert-OH is 1. The van der Waals surface area contributed by atoms with E-state index in [1.165, 1.54) is 27.4 Å². The number of ketones is 1. The fourth-order valence-electron chi connectivity index (χ4n) is 4.70. The third kappa shape index (κ3) is 6.25. The van der Waals surface area contributed by atoms with Crippen LogP contribution in [0.15, 0.2) is 54.6 Å². The van der Waals surface area contributed by atoms with Crippen molar-refractivity contribution in [1.29, 1.82) is 0 Å². The Morgan fingerprint density at radius 3 is 2.43 bits per heavy atom. The Labute approximate surface area is 259 Å². The predicted octanol–water partition coefficient (Wildman–Crippen LogP) is 5.63. The van der Waals surface area contributed by atoms with Crippen LogP contribution in [0.2, 0.25) is 0 Å². The van der Waals surface area contributed by atoms with E-state index in [1.54, 1.807) is 43.3 Å². The maximum atomic E-state index is 13.7. The highest BCUT2D eigenvalue weighted by molar-refractivity contribution is 7.17. The second-order valence-corrected chi connectivity index (χ2v) is 10.6. The summed E-state index contributed by atoms with van der Waals surface area (Å²) >= 11 is 0.892. The molecule has 232 valence electrons. The van der Waals surface area contributed by atoms with Crippen molar-refractivity contribution < 1.29 is 43.2 Å². The molecule has 1 saturated heterocycles. The van der Waals surface area contributed by atoms with Gasteiger partial charge in [0.25, 0.3) is 5.78 Å². The van der Waals surface area contributed by atoms with Crippen molar-refractivity contribution in [1.82, 2.24) is 4.98 Å². The number of ether oxygens (including phenoxy) is 5. The maximum Gasteiger partial charge on any atom is 0.350 e. The minimum absolute atomic E-state index is 0.0112. The zero-order chi connectivity index (χ0) is 32.0.